The standard InChI is InChI=1S/C22H26N4O4S/c27-21-2-1-13-26(21)19-3-5-20(6-4-19)31(29,30)25-14-9-18(10-15-25)22(28)24-16-17-7-11-23-12-8-17/h3-8,11-12,18H,1-2,9-10,13-16H2,(H,24,28). The van der Waals surface area contributed by atoms with Crippen LogP contribution in [-0.4, -0.2) is 49.2 Å². The van der Waals surface area contributed by atoms with Crippen LogP contribution in [0.2, 0.25) is 0 Å². The monoisotopic (exact) mass is 442 g/mol. The Morgan fingerprint density at radius 1 is 1.03 bits per heavy atom. The normalized spacial score (nSPS) is 18.3. The van der Waals surface area contributed by atoms with Crippen molar-refractivity contribution in [3.63, 3.8) is 0 Å². The molecule has 1 aromatic carbocycles. The molecule has 0 radical (unpaired) electrons. The summed E-state index contributed by atoms with van der Waals surface area (Å²) < 4.78 is 27.5. The lowest BCUT2D eigenvalue weighted by Crippen LogP contribution is -2.42. The number of carbonyl (C=O) groups excluding carboxylic acids is 2. The van der Waals surface area contributed by atoms with Crippen molar-refractivity contribution in [1.29, 1.82) is 0 Å². The van der Waals surface area contributed by atoms with E-state index in [2.05, 4.69) is 10.3 Å². The van der Waals surface area contributed by atoms with E-state index in [0.29, 0.717) is 45.4 Å². The summed E-state index contributed by atoms with van der Waals surface area (Å²) in [7, 11) is -3.63. The Kier molecular flexibility index (Phi) is 6.33. The highest BCUT2D eigenvalue weighted by Crippen LogP contribution is 2.27. The average molecular weight is 443 g/mol. The van der Waals surface area contributed by atoms with Crippen molar-refractivity contribution in [2.45, 2.75) is 37.1 Å². The molecule has 0 saturated carbocycles. The minimum absolute atomic E-state index is 0.0477. The second-order valence-electron chi connectivity index (χ2n) is 7.89. The van der Waals surface area contributed by atoms with Gasteiger partial charge in [-0.1, -0.05) is 0 Å². The number of hydrogen-bond donors (Lipinski definition) is 1. The molecule has 3 heterocycles. The zero-order valence-electron chi connectivity index (χ0n) is 17.2. The summed E-state index contributed by atoms with van der Waals surface area (Å²) in [5.41, 5.74) is 1.70. The summed E-state index contributed by atoms with van der Waals surface area (Å²) >= 11 is 0. The minimum Gasteiger partial charge on any atom is -0.352 e. The lowest BCUT2D eigenvalue weighted by atomic mass is 9.97. The summed E-state index contributed by atoms with van der Waals surface area (Å²) in [4.78, 5) is 30.2. The number of piperidine rings is 1. The number of nitrogens with one attached hydrogen (secondary N) is 1. The maximum atomic E-state index is 13.0. The molecule has 4 rings (SSSR count). The molecule has 31 heavy (non-hydrogen) atoms. The molecular formula is C22H26N4O4S. The van der Waals surface area contributed by atoms with Gasteiger partial charge in [0, 0.05) is 56.6 Å². The highest BCUT2D eigenvalue weighted by molar-refractivity contribution is 7.89. The van der Waals surface area contributed by atoms with Gasteiger partial charge in [0.05, 0.1) is 4.90 Å². The summed E-state index contributed by atoms with van der Waals surface area (Å²) in [6.45, 7) is 1.72. The first-order chi connectivity index (χ1) is 14.9. The van der Waals surface area contributed by atoms with Gasteiger partial charge in [-0.25, -0.2) is 8.42 Å². The van der Waals surface area contributed by atoms with Crippen LogP contribution in [0, 0.1) is 5.92 Å². The van der Waals surface area contributed by atoms with E-state index in [1.165, 1.54) is 4.31 Å². The Labute approximate surface area is 182 Å². The van der Waals surface area contributed by atoms with Crippen LogP contribution in [0.15, 0.2) is 53.7 Å². The van der Waals surface area contributed by atoms with E-state index >= 15 is 0 Å². The molecule has 0 unspecified atom stereocenters. The summed E-state index contributed by atoms with van der Waals surface area (Å²) in [5.74, 6) is -0.176. The fourth-order valence-electron chi connectivity index (χ4n) is 4.06. The number of aromatic nitrogens is 1. The van der Waals surface area contributed by atoms with Crippen molar-refractivity contribution < 1.29 is 18.0 Å². The van der Waals surface area contributed by atoms with Crippen molar-refractivity contribution in [3.8, 4) is 0 Å². The largest absolute Gasteiger partial charge is 0.352 e. The molecule has 2 saturated heterocycles. The zero-order valence-corrected chi connectivity index (χ0v) is 18.1. The third-order valence-corrected chi connectivity index (χ3v) is 7.81. The van der Waals surface area contributed by atoms with Crippen LogP contribution in [0.4, 0.5) is 5.69 Å². The van der Waals surface area contributed by atoms with Crippen molar-refractivity contribution in [2.75, 3.05) is 24.5 Å². The molecule has 2 aliphatic rings. The van der Waals surface area contributed by atoms with Gasteiger partial charge >= 0.3 is 0 Å². The Morgan fingerprint density at radius 2 is 1.71 bits per heavy atom. The molecule has 2 aliphatic heterocycles. The fraction of sp³-hybridized carbons (Fsp3) is 0.409. The van der Waals surface area contributed by atoms with Gasteiger partial charge in [0.1, 0.15) is 0 Å². The van der Waals surface area contributed by atoms with Crippen LogP contribution in [-0.2, 0) is 26.2 Å². The first-order valence-electron chi connectivity index (χ1n) is 10.5. The topological polar surface area (TPSA) is 99.7 Å². The van der Waals surface area contributed by atoms with Crippen molar-refractivity contribution >= 4 is 27.5 Å². The molecule has 0 aliphatic carbocycles. The minimum atomic E-state index is -3.63. The van der Waals surface area contributed by atoms with Gasteiger partial charge in [-0.2, -0.15) is 4.31 Å². The Balaban J connectivity index is 1.33. The van der Waals surface area contributed by atoms with Crippen molar-refractivity contribution in [2.24, 2.45) is 5.92 Å². The molecule has 0 atom stereocenters. The van der Waals surface area contributed by atoms with Gasteiger partial charge in [-0.3, -0.25) is 14.6 Å². The number of nitrogens with zero attached hydrogens (tertiary/aromatic N) is 3. The van der Waals surface area contributed by atoms with Gasteiger partial charge in [-0.05, 0) is 61.2 Å². The predicted octanol–water partition coefficient (Wildman–Crippen LogP) is 1.93. The third kappa shape index (κ3) is 4.77. The Morgan fingerprint density at radius 3 is 2.32 bits per heavy atom. The first kappa shape index (κ1) is 21.5. The fourth-order valence-corrected chi connectivity index (χ4v) is 5.53. The number of amides is 2. The van der Waals surface area contributed by atoms with E-state index < -0.39 is 10.0 Å². The molecule has 164 valence electrons. The van der Waals surface area contributed by atoms with Crippen LogP contribution in [0.1, 0.15) is 31.2 Å². The number of benzene rings is 1. The van der Waals surface area contributed by atoms with Gasteiger partial charge in [0.2, 0.25) is 21.8 Å². The van der Waals surface area contributed by atoms with E-state index in [-0.39, 0.29) is 22.6 Å². The SMILES string of the molecule is O=C(NCc1ccncc1)C1CCN(S(=O)(=O)c2ccc(N3CCCC3=O)cc2)CC1. The van der Waals surface area contributed by atoms with E-state index in [0.717, 1.165) is 17.7 Å². The predicted molar refractivity (Wildman–Crippen MR) is 116 cm³/mol. The third-order valence-electron chi connectivity index (χ3n) is 5.90. The molecule has 2 aromatic rings. The van der Waals surface area contributed by atoms with E-state index in [4.69, 9.17) is 0 Å². The number of sulfonamides is 1. The smallest absolute Gasteiger partial charge is 0.243 e. The molecule has 2 amide bonds. The van der Waals surface area contributed by atoms with Crippen molar-refractivity contribution in [1.82, 2.24) is 14.6 Å². The maximum absolute atomic E-state index is 13.0. The van der Waals surface area contributed by atoms with E-state index in [9.17, 15) is 18.0 Å². The molecule has 1 aromatic heterocycles. The van der Waals surface area contributed by atoms with Gasteiger partial charge in [0.15, 0.2) is 0 Å². The lowest BCUT2D eigenvalue weighted by molar-refractivity contribution is -0.126. The average Bonchev–Trinajstić information content (AvgIpc) is 3.24. The Hall–Kier alpha value is -2.78. The van der Waals surface area contributed by atoms with Crippen molar-refractivity contribution in [3.05, 3.63) is 54.4 Å². The zero-order chi connectivity index (χ0) is 21.8. The van der Waals surface area contributed by atoms with Crippen LogP contribution in [0.25, 0.3) is 0 Å². The molecule has 9 heteroatoms. The highest BCUT2D eigenvalue weighted by Gasteiger charge is 2.32. The number of anilines is 1. The molecular weight excluding hydrogens is 416 g/mol. The molecule has 0 spiro atoms. The first-order valence-corrected chi connectivity index (χ1v) is 12.0. The van der Waals surface area contributed by atoms with Crippen LogP contribution >= 0.6 is 0 Å². The maximum Gasteiger partial charge on any atom is 0.243 e. The summed E-state index contributed by atoms with van der Waals surface area (Å²) in [6.07, 6.45) is 5.69. The summed E-state index contributed by atoms with van der Waals surface area (Å²) in [6, 6.07) is 10.2. The second-order valence-corrected chi connectivity index (χ2v) is 9.83. The van der Waals surface area contributed by atoms with Gasteiger partial charge < -0.3 is 10.2 Å². The second kappa shape index (κ2) is 9.15. The van der Waals surface area contributed by atoms with E-state index in [1.54, 1.807) is 41.6 Å². The highest BCUT2D eigenvalue weighted by atomic mass is 32.2. The number of pyridine rings is 1. The van der Waals surface area contributed by atoms with Gasteiger partial charge in [-0.15, -0.1) is 0 Å². The van der Waals surface area contributed by atoms with Gasteiger partial charge in [0.25, 0.3) is 0 Å². The number of hydrogen-bond acceptors (Lipinski definition) is 5. The van der Waals surface area contributed by atoms with E-state index in [1.807, 2.05) is 12.1 Å². The summed E-state index contributed by atoms with van der Waals surface area (Å²) in [5, 5.41) is 2.92. The van der Waals surface area contributed by atoms with Crippen LogP contribution in [0.5, 0.6) is 0 Å². The number of carbonyl (C=O) groups is 2. The quantitative estimate of drug-likeness (QED) is 0.737. The lowest BCUT2D eigenvalue weighted by Gasteiger charge is -2.30. The molecule has 2 fully saturated rings. The van der Waals surface area contributed by atoms with Crippen LogP contribution < -0.4 is 10.2 Å². The number of rotatable bonds is 6. The molecule has 0 bridgehead atoms. The van der Waals surface area contributed by atoms with Crippen LogP contribution in [0.3, 0.4) is 0 Å². The Bertz CT molecular complexity index is 1030. The molecule has 1 N–H and O–H groups in total. The molecule has 8 nitrogen and oxygen atoms in total.